The highest BCUT2D eigenvalue weighted by molar-refractivity contribution is 7.97. The molecule has 3 nitrogen and oxygen atoms in total. The Bertz CT molecular complexity index is 474. The van der Waals surface area contributed by atoms with Crippen molar-refractivity contribution in [1.29, 1.82) is 0 Å². The van der Waals surface area contributed by atoms with Crippen molar-refractivity contribution in [2.45, 2.75) is 36.9 Å². The molecule has 0 spiro atoms. The lowest BCUT2D eigenvalue weighted by atomic mass is 10.4. The molecular weight excluding hydrogens is 246 g/mol. The van der Waals surface area contributed by atoms with Crippen LogP contribution in [0.25, 0.3) is 0 Å². The molecule has 0 bridgehead atoms. The third-order valence-corrected chi connectivity index (χ3v) is 3.91. The van der Waals surface area contributed by atoms with Gasteiger partial charge in [0.2, 0.25) is 0 Å². The maximum Gasteiger partial charge on any atom is 0.118 e. The fourth-order valence-corrected chi connectivity index (χ4v) is 2.60. The van der Waals surface area contributed by atoms with Crippen LogP contribution in [0.5, 0.6) is 0 Å². The van der Waals surface area contributed by atoms with E-state index < -0.39 is 0 Å². The Labute approximate surface area is 111 Å². The molecule has 3 rings (SSSR count). The lowest BCUT2D eigenvalue weighted by molar-refractivity contribution is 0.458. The monoisotopic (exact) mass is 263 g/mol. The summed E-state index contributed by atoms with van der Waals surface area (Å²) in [6.45, 7) is 0.855. The summed E-state index contributed by atoms with van der Waals surface area (Å²) in [6, 6.07) is 8.79. The summed E-state index contributed by atoms with van der Waals surface area (Å²) in [6.07, 6.45) is 4.34. The lowest BCUT2D eigenvalue weighted by Gasteiger charge is -1.99. The van der Waals surface area contributed by atoms with E-state index >= 15 is 0 Å². The minimum Gasteiger partial charge on any atom is -0.468 e. The zero-order valence-corrected chi connectivity index (χ0v) is 11.0. The fraction of sp³-hybridized carbons (Fsp3) is 0.429. The SMILES string of the molecule is c1coc(CSCc2ccc(CNC3CC3)o2)c1. The zero-order valence-electron chi connectivity index (χ0n) is 10.2. The summed E-state index contributed by atoms with van der Waals surface area (Å²) >= 11 is 1.81. The Morgan fingerprint density at radius 1 is 1.11 bits per heavy atom. The van der Waals surface area contributed by atoms with Crippen molar-refractivity contribution in [3.8, 4) is 0 Å². The van der Waals surface area contributed by atoms with Crippen molar-refractivity contribution >= 4 is 11.8 Å². The highest BCUT2D eigenvalue weighted by Gasteiger charge is 2.20. The molecule has 0 saturated heterocycles. The van der Waals surface area contributed by atoms with Gasteiger partial charge in [0.05, 0.1) is 24.3 Å². The second-order valence-corrected chi connectivity index (χ2v) is 5.58. The van der Waals surface area contributed by atoms with Crippen LogP contribution in [0.15, 0.2) is 39.4 Å². The van der Waals surface area contributed by atoms with Gasteiger partial charge in [-0.2, -0.15) is 0 Å². The molecule has 2 heterocycles. The smallest absolute Gasteiger partial charge is 0.118 e. The van der Waals surface area contributed by atoms with Crippen molar-refractivity contribution in [1.82, 2.24) is 5.32 Å². The van der Waals surface area contributed by atoms with Crippen LogP contribution < -0.4 is 5.32 Å². The molecule has 1 fully saturated rings. The molecule has 1 aliphatic rings. The quantitative estimate of drug-likeness (QED) is 0.829. The number of rotatable bonds is 7. The first kappa shape index (κ1) is 11.9. The van der Waals surface area contributed by atoms with Gasteiger partial charge in [0, 0.05) is 6.04 Å². The largest absolute Gasteiger partial charge is 0.468 e. The normalized spacial score (nSPS) is 15.1. The summed E-state index contributed by atoms with van der Waals surface area (Å²) in [4.78, 5) is 0. The standard InChI is InChI=1S/C14H17NO2S/c1-2-13(16-7-1)9-18-10-14-6-5-12(17-14)8-15-11-3-4-11/h1-2,5-7,11,15H,3-4,8-10H2. The minimum absolute atomic E-state index is 0.729. The summed E-state index contributed by atoms with van der Waals surface area (Å²) < 4.78 is 11.1. The summed E-state index contributed by atoms with van der Waals surface area (Å²) in [5, 5.41) is 3.45. The van der Waals surface area contributed by atoms with Crippen LogP contribution in [-0.4, -0.2) is 6.04 Å². The van der Waals surface area contributed by atoms with E-state index in [1.54, 1.807) is 18.0 Å². The average Bonchev–Trinajstić information content (AvgIpc) is 2.89. The Morgan fingerprint density at radius 2 is 1.94 bits per heavy atom. The van der Waals surface area contributed by atoms with Gasteiger partial charge in [-0.15, -0.1) is 11.8 Å². The third kappa shape index (κ3) is 3.43. The van der Waals surface area contributed by atoms with Gasteiger partial charge in [-0.25, -0.2) is 0 Å². The summed E-state index contributed by atoms with van der Waals surface area (Å²) in [5.74, 6) is 4.88. The van der Waals surface area contributed by atoms with Crippen LogP contribution in [0.1, 0.15) is 30.1 Å². The summed E-state index contributed by atoms with van der Waals surface area (Å²) in [5.41, 5.74) is 0. The third-order valence-electron chi connectivity index (χ3n) is 2.93. The highest BCUT2D eigenvalue weighted by Crippen LogP contribution is 2.22. The molecule has 96 valence electrons. The molecule has 18 heavy (non-hydrogen) atoms. The van der Waals surface area contributed by atoms with Gasteiger partial charge in [0.15, 0.2) is 0 Å². The molecular formula is C14H17NO2S. The van der Waals surface area contributed by atoms with E-state index in [9.17, 15) is 0 Å². The number of furan rings is 2. The number of hydrogen-bond donors (Lipinski definition) is 1. The van der Waals surface area contributed by atoms with E-state index in [-0.39, 0.29) is 0 Å². The number of hydrogen-bond acceptors (Lipinski definition) is 4. The van der Waals surface area contributed by atoms with Gasteiger partial charge in [0.25, 0.3) is 0 Å². The second kappa shape index (κ2) is 5.67. The molecule has 1 saturated carbocycles. The fourth-order valence-electron chi connectivity index (χ4n) is 1.77. The zero-order chi connectivity index (χ0) is 12.2. The molecule has 1 aliphatic carbocycles. The second-order valence-electron chi connectivity index (χ2n) is 4.60. The van der Waals surface area contributed by atoms with Crippen molar-refractivity contribution in [2.75, 3.05) is 0 Å². The van der Waals surface area contributed by atoms with Crippen molar-refractivity contribution in [3.63, 3.8) is 0 Å². The lowest BCUT2D eigenvalue weighted by Crippen LogP contribution is -2.14. The van der Waals surface area contributed by atoms with E-state index in [2.05, 4.69) is 17.4 Å². The first-order chi connectivity index (χ1) is 8.90. The molecule has 0 aliphatic heterocycles. The first-order valence-electron chi connectivity index (χ1n) is 6.31. The molecule has 1 N–H and O–H groups in total. The minimum atomic E-state index is 0.729. The predicted molar refractivity (Wildman–Crippen MR) is 72.3 cm³/mol. The summed E-state index contributed by atoms with van der Waals surface area (Å²) in [7, 11) is 0. The van der Waals surface area contributed by atoms with Crippen molar-refractivity contribution < 1.29 is 8.83 Å². The van der Waals surface area contributed by atoms with Gasteiger partial charge in [0.1, 0.15) is 17.3 Å². The molecule has 4 heteroatoms. The van der Waals surface area contributed by atoms with E-state index in [0.29, 0.717) is 0 Å². The van der Waals surface area contributed by atoms with E-state index in [1.165, 1.54) is 12.8 Å². The van der Waals surface area contributed by atoms with Gasteiger partial charge in [-0.1, -0.05) is 0 Å². The highest BCUT2D eigenvalue weighted by atomic mass is 32.2. The average molecular weight is 263 g/mol. The molecule has 0 atom stereocenters. The Kier molecular flexibility index (Phi) is 3.76. The Balaban J connectivity index is 1.41. The van der Waals surface area contributed by atoms with Gasteiger partial charge in [-0.05, 0) is 37.1 Å². The molecule has 0 amide bonds. The van der Waals surface area contributed by atoms with Crippen LogP contribution in [0, 0.1) is 0 Å². The Hall–Kier alpha value is -1.13. The van der Waals surface area contributed by atoms with Gasteiger partial charge < -0.3 is 14.2 Å². The van der Waals surface area contributed by atoms with E-state index in [1.807, 2.05) is 12.1 Å². The predicted octanol–water partition coefficient (Wildman–Crippen LogP) is 3.56. The maximum atomic E-state index is 5.77. The number of nitrogens with one attached hydrogen (secondary N) is 1. The molecule has 0 unspecified atom stereocenters. The number of thioether (sulfide) groups is 1. The molecule has 0 radical (unpaired) electrons. The Morgan fingerprint density at radius 3 is 2.72 bits per heavy atom. The topological polar surface area (TPSA) is 38.3 Å². The van der Waals surface area contributed by atoms with Crippen LogP contribution >= 0.6 is 11.8 Å². The van der Waals surface area contributed by atoms with E-state index in [4.69, 9.17) is 8.83 Å². The van der Waals surface area contributed by atoms with Crippen LogP contribution in [-0.2, 0) is 18.1 Å². The van der Waals surface area contributed by atoms with Crippen LogP contribution in [0.3, 0.4) is 0 Å². The molecule has 2 aromatic heterocycles. The molecule has 0 aromatic carbocycles. The van der Waals surface area contributed by atoms with Crippen LogP contribution in [0.4, 0.5) is 0 Å². The van der Waals surface area contributed by atoms with Gasteiger partial charge in [-0.3, -0.25) is 0 Å². The van der Waals surface area contributed by atoms with Crippen LogP contribution in [0.2, 0.25) is 0 Å². The van der Waals surface area contributed by atoms with E-state index in [0.717, 1.165) is 41.4 Å². The van der Waals surface area contributed by atoms with Gasteiger partial charge >= 0.3 is 0 Å². The molecule has 2 aromatic rings. The van der Waals surface area contributed by atoms with Crippen molar-refractivity contribution in [2.24, 2.45) is 0 Å². The van der Waals surface area contributed by atoms with Crippen molar-refractivity contribution in [3.05, 3.63) is 47.8 Å². The first-order valence-corrected chi connectivity index (χ1v) is 7.47. The maximum absolute atomic E-state index is 5.77.